The van der Waals surface area contributed by atoms with Gasteiger partial charge in [0, 0.05) is 19.3 Å². The molecule has 0 aliphatic rings. The van der Waals surface area contributed by atoms with Crippen LogP contribution in [0.1, 0.15) is 27.2 Å². The number of carbonyl (C=O) groups is 2. The SMILES string of the molecule is CC(C)CCOC(C)C(=O)OCC(=O)N(C)c1ccccc1. The Balaban J connectivity index is 2.35. The fourth-order valence-corrected chi connectivity index (χ4v) is 1.69. The minimum absolute atomic E-state index is 0.283. The number of rotatable bonds is 8. The van der Waals surface area contributed by atoms with Crippen LogP contribution >= 0.6 is 0 Å². The van der Waals surface area contributed by atoms with Gasteiger partial charge in [0.1, 0.15) is 0 Å². The molecule has 0 bridgehead atoms. The Kier molecular flexibility index (Phi) is 7.60. The lowest BCUT2D eigenvalue weighted by molar-refractivity contribution is -0.158. The number of hydrogen-bond acceptors (Lipinski definition) is 4. The summed E-state index contributed by atoms with van der Waals surface area (Å²) in [7, 11) is 1.65. The van der Waals surface area contributed by atoms with Gasteiger partial charge in [0.25, 0.3) is 5.91 Å². The van der Waals surface area contributed by atoms with E-state index in [0.717, 1.165) is 12.1 Å². The molecule has 0 aliphatic heterocycles. The van der Waals surface area contributed by atoms with Crippen LogP contribution in [0.5, 0.6) is 0 Å². The fourth-order valence-electron chi connectivity index (χ4n) is 1.69. The van der Waals surface area contributed by atoms with Gasteiger partial charge in [-0.1, -0.05) is 32.0 Å². The van der Waals surface area contributed by atoms with E-state index in [-0.39, 0.29) is 12.5 Å². The summed E-state index contributed by atoms with van der Waals surface area (Å²) in [6.45, 7) is 6.02. The second kappa shape index (κ2) is 9.20. The second-order valence-corrected chi connectivity index (χ2v) is 5.59. The van der Waals surface area contributed by atoms with Gasteiger partial charge in [-0.2, -0.15) is 0 Å². The van der Waals surface area contributed by atoms with Crippen LogP contribution in [0.15, 0.2) is 30.3 Å². The van der Waals surface area contributed by atoms with Gasteiger partial charge in [0.05, 0.1) is 0 Å². The molecule has 1 unspecified atom stereocenters. The lowest BCUT2D eigenvalue weighted by Gasteiger charge is -2.18. The molecule has 5 heteroatoms. The molecule has 0 heterocycles. The zero-order valence-corrected chi connectivity index (χ0v) is 13.7. The Morgan fingerprint density at radius 3 is 2.36 bits per heavy atom. The molecule has 122 valence electrons. The molecule has 0 saturated carbocycles. The number of esters is 1. The van der Waals surface area contributed by atoms with Crippen molar-refractivity contribution in [2.24, 2.45) is 5.92 Å². The zero-order valence-electron chi connectivity index (χ0n) is 13.7. The van der Waals surface area contributed by atoms with E-state index in [4.69, 9.17) is 9.47 Å². The maximum absolute atomic E-state index is 12.0. The van der Waals surface area contributed by atoms with E-state index in [0.29, 0.717) is 12.5 Å². The van der Waals surface area contributed by atoms with E-state index in [1.807, 2.05) is 30.3 Å². The van der Waals surface area contributed by atoms with E-state index < -0.39 is 12.1 Å². The van der Waals surface area contributed by atoms with Crippen LogP contribution in [0.3, 0.4) is 0 Å². The Hall–Kier alpha value is -1.88. The number of nitrogens with zero attached hydrogens (tertiary/aromatic N) is 1. The van der Waals surface area contributed by atoms with E-state index in [1.54, 1.807) is 14.0 Å². The highest BCUT2D eigenvalue weighted by molar-refractivity contribution is 5.94. The first kappa shape index (κ1) is 18.2. The molecule has 0 fully saturated rings. The summed E-state index contributed by atoms with van der Waals surface area (Å²) in [4.78, 5) is 25.2. The van der Waals surface area contributed by atoms with Crippen molar-refractivity contribution < 1.29 is 19.1 Å². The van der Waals surface area contributed by atoms with Gasteiger partial charge in [-0.05, 0) is 31.4 Å². The maximum atomic E-state index is 12.0. The van der Waals surface area contributed by atoms with Gasteiger partial charge in [-0.25, -0.2) is 4.79 Å². The van der Waals surface area contributed by atoms with Crippen LogP contribution in [0.2, 0.25) is 0 Å². The molecule has 0 aromatic heterocycles. The quantitative estimate of drug-likeness (QED) is 0.693. The highest BCUT2D eigenvalue weighted by Crippen LogP contribution is 2.11. The van der Waals surface area contributed by atoms with Gasteiger partial charge in [-0.15, -0.1) is 0 Å². The number of ether oxygens (including phenoxy) is 2. The maximum Gasteiger partial charge on any atom is 0.335 e. The smallest absolute Gasteiger partial charge is 0.335 e. The molecule has 22 heavy (non-hydrogen) atoms. The van der Waals surface area contributed by atoms with Crippen molar-refractivity contribution >= 4 is 17.6 Å². The number of para-hydroxylation sites is 1. The minimum Gasteiger partial charge on any atom is -0.454 e. The topological polar surface area (TPSA) is 55.8 Å². The molecule has 1 atom stereocenters. The van der Waals surface area contributed by atoms with Crippen LogP contribution in [0.25, 0.3) is 0 Å². The van der Waals surface area contributed by atoms with Gasteiger partial charge in [0.2, 0.25) is 0 Å². The second-order valence-electron chi connectivity index (χ2n) is 5.59. The van der Waals surface area contributed by atoms with Crippen molar-refractivity contribution in [3.63, 3.8) is 0 Å². The van der Waals surface area contributed by atoms with Crippen molar-refractivity contribution in [2.75, 3.05) is 25.2 Å². The molecule has 1 rings (SSSR count). The fraction of sp³-hybridized carbons (Fsp3) is 0.529. The third-order valence-electron chi connectivity index (χ3n) is 3.25. The summed E-state index contributed by atoms with van der Waals surface area (Å²) >= 11 is 0. The predicted molar refractivity (Wildman–Crippen MR) is 85.7 cm³/mol. The van der Waals surface area contributed by atoms with Crippen molar-refractivity contribution in [1.82, 2.24) is 0 Å². The molecule has 0 radical (unpaired) electrons. The lowest BCUT2D eigenvalue weighted by atomic mass is 10.1. The van der Waals surface area contributed by atoms with Crippen LogP contribution in [-0.4, -0.2) is 38.2 Å². The zero-order chi connectivity index (χ0) is 16.5. The molecule has 0 N–H and O–H groups in total. The lowest BCUT2D eigenvalue weighted by Crippen LogP contribution is -2.33. The van der Waals surface area contributed by atoms with Crippen molar-refractivity contribution in [3.05, 3.63) is 30.3 Å². The molecular formula is C17H25NO4. The standard InChI is InChI=1S/C17H25NO4/c1-13(2)10-11-21-14(3)17(20)22-12-16(19)18(4)15-8-6-5-7-9-15/h5-9,13-14H,10-12H2,1-4H3. The molecule has 5 nitrogen and oxygen atoms in total. The minimum atomic E-state index is -0.659. The number of benzene rings is 1. The average Bonchev–Trinajstić information content (AvgIpc) is 2.51. The Morgan fingerprint density at radius 1 is 1.14 bits per heavy atom. The molecule has 1 amide bonds. The first-order valence-electron chi connectivity index (χ1n) is 7.51. The number of amides is 1. The van der Waals surface area contributed by atoms with Crippen molar-refractivity contribution in [1.29, 1.82) is 0 Å². The Morgan fingerprint density at radius 2 is 1.77 bits per heavy atom. The number of carbonyl (C=O) groups excluding carboxylic acids is 2. The van der Waals surface area contributed by atoms with E-state index >= 15 is 0 Å². The Labute approximate surface area is 132 Å². The predicted octanol–water partition coefficient (Wildman–Crippen LogP) is 2.64. The van der Waals surface area contributed by atoms with E-state index in [2.05, 4.69) is 13.8 Å². The average molecular weight is 307 g/mol. The van der Waals surface area contributed by atoms with Gasteiger partial charge in [-0.3, -0.25) is 4.79 Å². The summed E-state index contributed by atoms with van der Waals surface area (Å²) in [6, 6.07) is 9.19. The van der Waals surface area contributed by atoms with E-state index in [9.17, 15) is 9.59 Å². The van der Waals surface area contributed by atoms with Crippen molar-refractivity contribution in [2.45, 2.75) is 33.3 Å². The highest BCUT2D eigenvalue weighted by Gasteiger charge is 2.18. The van der Waals surface area contributed by atoms with Gasteiger partial charge >= 0.3 is 5.97 Å². The number of anilines is 1. The monoisotopic (exact) mass is 307 g/mol. The third-order valence-corrected chi connectivity index (χ3v) is 3.25. The molecule has 1 aromatic carbocycles. The van der Waals surface area contributed by atoms with Crippen LogP contribution in [-0.2, 0) is 19.1 Å². The number of likely N-dealkylation sites (N-methyl/N-ethyl adjacent to an activating group) is 1. The first-order chi connectivity index (χ1) is 10.4. The molecular weight excluding hydrogens is 282 g/mol. The van der Waals surface area contributed by atoms with Crippen LogP contribution < -0.4 is 4.90 Å². The van der Waals surface area contributed by atoms with Crippen LogP contribution in [0, 0.1) is 5.92 Å². The highest BCUT2D eigenvalue weighted by atomic mass is 16.6. The number of hydrogen-bond donors (Lipinski definition) is 0. The molecule has 1 aromatic rings. The summed E-state index contributed by atoms with van der Waals surface area (Å²) in [5.41, 5.74) is 0.754. The summed E-state index contributed by atoms with van der Waals surface area (Å²) < 4.78 is 10.4. The first-order valence-corrected chi connectivity index (χ1v) is 7.51. The molecule has 0 saturated heterocycles. The Bertz CT molecular complexity index is 473. The van der Waals surface area contributed by atoms with E-state index in [1.165, 1.54) is 4.90 Å². The molecule has 0 spiro atoms. The van der Waals surface area contributed by atoms with Crippen molar-refractivity contribution in [3.8, 4) is 0 Å². The molecule has 0 aliphatic carbocycles. The van der Waals surface area contributed by atoms with Gasteiger partial charge in [0.15, 0.2) is 12.7 Å². The largest absolute Gasteiger partial charge is 0.454 e. The van der Waals surface area contributed by atoms with Gasteiger partial charge < -0.3 is 14.4 Å². The summed E-state index contributed by atoms with van der Waals surface area (Å²) in [5, 5.41) is 0. The normalized spacial score (nSPS) is 12.0. The van der Waals surface area contributed by atoms with Crippen LogP contribution in [0.4, 0.5) is 5.69 Å². The third kappa shape index (κ3) is 6.26. The summed E-state index contributed by atoms with van der Waals surface area (Å²) in [6.07, 6.45) is 0.224. The summed E-state index contributed by atoms with van der Waals surface area (Å²) in [5.74, 6) is -0.281.